The Morgan fingerprint density at radius 3 is 2.69 bits per heavy atom. The summed E-state index contributed by atoms with van der Waals surface area (Å²) in [5.74, 6) is -0.331. The zero-order valence-electron chi connectivity index (χ0n) is 9.18. The molecule has 3 nitrogen and oxygen atoms in total. The Morgan fingerprint density at radius 2 is 2.19 bits per heavy atom. The van der Waals surface area contributed by atoms with E-state index in [-0.39, 0.29) is 5.37 Å². The van der Waals surface area contributed by atoms with Crippen LogP contribution < -0.4 is 10.4 Å². The van der Waals surface area contributed by atoms with Crippen LogP contribution in [0.1, 0.15) is 23.4 Å². The molecular weight excluding hydrogens is 222 g/mol. The molecule has 0 radical (unpaired) electrons. The van der Waals surface area contributed by atoms with Crippen LogP contribution in [-0.4, -0.2) is 17.8 Å². The van der Waals surface area contributed by atoms with Crippen molar-refractivity contribution in [2.75, 3.05) is 5.75 Å². The highest BCUT2D eigenvalue weighted by Gasteiger charge is 2.30. The first-order chi connectivity index (χ1) is 7.70. The maximum Gasteiger partial charge on any atom is 0.159 e. The van der Waals surface area contributed by atoms with Crippen molar-refractivity contribution >= 4 is 17.7 Å². The summed E-state index contributed by atoms with van der Waals surface area (Å²) >= 11 is 1.67. The number of rotatable bonds is 3. The molecule has 0 aliphatic carbocycles. The summed E-state index contributed by atoms with van der Waals surface area (Å²) in [7, 11) is 0. The van der Waals surface area contributed by atoms with Gasteiger partial charge in [-0.15, -0.1) is 0 Å². The number of carbonyl (C=O) groups excluding carboxylic acids is 1. The van der Waals surface area contributed by atoms with Crippen LogP contribution in [0, 0.1) is 0 Å². The van der Waals surface area contributed by atoms with Crippen molar-refractivity contribution in [3.63, 3.8) is 0 Å². The highest BCUT2D eigenvalue weighted by atomic mass is 32.2. The van der Waals surface area contributed by atoms with E-state index in [1.807, 2.05) is 5.32 Å². The van der Waals surface area contributed by atoms with Gasteiger partial charge in [0.25, 0.3) is 0 Å². The van der Waals surface area contributed by atoms with Gasteiger partial charge in [-0.2, -0.15) is 0 Å². The van der Waals surface area contributed by atoms with Crippen molar-refractivity contribution in [2.24, 2.45) is 0 Å². The van der Waals surface area contributed by atoms with Crippen LogP contribution in [0.3, 0.4) is 0 Å². The standard InChI is InChI=1S/C12H15NO2S/c1-2-8-3-5-9(6-4-8)11-13-10(7-16-11)12(14)15/h3-6,10-11,13H,2,7H2,1H3,(H,14,15)/t10-,11-/m1/s1. The van der Waals surface area contributed by atoms with Gasteiger partial charge in [0.15, 0.2) is 5.37 Å². The van der Waals surface area contributed by atoms with Crippen molar-refractivity contribution < 1.29 is 15.2 Å². The third-order valence-corrected chi connectivity index (χ3v) is 4.22. The highest BCUT2D eigenvalue weighted by molar-refractivity contribution is 7.99. The van der Waals surface area contributed by atoms with Crippen LogP contribution in [0.4, 0.5) is 0 Å². The molecule has 0 spiro atoms. The Morgan fingerprint density at radius 1 is 1.50 bits per heavy atom. The molecule has 2 atom stereocenters. The van der Waals surface area contributed by atoms with Gasteiger partial charge in [0, 0.05) is 5.56 Å². The van der Waals surface area contributed by atoms with Crippen molar-refractivity contribution in [3.8, 4) is 0 Å². The Kier molecular flexibility index (Phi) is 3.51. The molecule has 1 aliphatic heterocycles. The molecule has 2 N–H and O–H groups in total. The first-order valence-corrected chi connectivity index (χ1v) is 6.52. The topological polar surface area (TPSA) is 56.7 Å². The molecule has 0 aromatic heterocycles. The van der Waals surface area contributed by atoms with Crippen molar-refractivity contribution in [2.45, 2.75) is 24.8 Å². The lowest BCUT2D eigenvalue weighted by Crippen LogP contribution is -2.90. The van der Waals surface area contributed by atoms with E-state index in [0.29, 0.717) is 5.75 Å². The molecule has 1 heterocycles. The van der Waals surface area contributed by atoms with Crippen molar-refractivity contribution in [1.82, 2.24) is 0 Å². The van der Waals surface area contributed by atoms with Crippen LogP contribution in [0.25, 0.3) is 0 Å². The maximum atomic E-state index is 10.7. The molecule has 16 heavy (non-hydrogen) atoms. The van der Waals surface area contributed by atoms with Crippen LogP contribution in [0.5, 0.6) is 0 Å². The molecule has 0 bridgehead atoms. The Balaban J connectivity index is 2.05. The fourth-order valence-corrected chi connectivity index (χ4v) is 3.14. The van der Waals surface area contributed by atoms with E-state index in [1.165, 1.54) is 11.1 Å². The number of nitrogens with two attached hydrogens (primary N) is 1. The number of thioether (sulfide) groups is 1. The van der Waals surface area contributed by atoms with Gasteiger partial charge < -0.3 is 15.2 Å². The average molecular weight is 237 g/mol. The summed E-state index contributed by atoms with van der Waals surface area (Å²) in [4.78, 5) is 10.7. The predicted molar refractivity (Wildman–Crippen MR) is 61.7 cm³/mol. The van der Waals surface area contributed by atoms with E-state index in [0.717, 1.165) is 6.42 Å². The molecule has 1 aromatic rings. The molecular formula is C12H15NO2S. The summed E-state index contributed by atoms with van der Waals surface area (Å²) < 4.78 is 0. The van der Waals surface area contributed by atoms with Crippen LogP contribution in [0.15, 0.2) is 24.3 Å². The van der Waals surface area contributed by atoms with Gasteiger partial charge in [-0.25, -0.2) is 0 Å². The fourth-order valence-electron chi connectivity index (χ4n) is 1.83. The van der Waals surface area contributed by atoms with Crippen LogP contribution >= 0.6 is 11.8 Å². The second-order valence-electron chi connectivity index (χ2n) is 3.97. The van der Waals surface area contributed by atoms with Crippen molar-refractivity contribution in [1.29, 1.82) is 0 Å². The van der Waals surface area contributed by atoms with E-state index in [2.05, 4.69) is 31.2 Å². The first-order valence-electron chi connectivity index (χ1n) is 5.47. The molecule has 2 rings (SSSR count). The number of hydrogen-bond donors (Lipinski definition) is 1. The minimum atomic E-state index is -0.958. The molecule has 86 valence electrons. The number of benzene rings is 1. The number of carbonyl (C=O) groups is 1. The average Bonchev–Trinajstić information content (AvgIpc) is 2.78. The summed E-state index contributed by atoms with van der Waals surface area (Å²) in [5, 5.41) is 12.8. The molecule has 1 fully saturated rings. The lowest BCUT2D eigenvalue weighted by atomic mass is 10.1. The van der Waals surface area contributed by atoms with Gasteiger partial charge in [-0.3, -0.25) is 0 Å². The molecule has 4 heteroatoms. The molecule has 0 saturated carbocycles. The lowest BCUT2D eigenvalue weighted by Gasteiger charge is -2.11. The van der Waals surface area contributed by atoms with E-state index < -0.39 is 12.0 Å². The van der Waals surface area contributed by atoms with E-state index >= 15 is 0 Å². The number of quaternary nitrogens is 1. The minimum Gasteiger partial charge on any atom is -0.544 e. The zero-order valence-corrected chi connectivity index (χ0v) is 10.00. The zero-order chi connectivity index (χ0) is 11.5. The van der Waals surface area contributed by atoms with Crippen molar-refractivity contribution in [3.05, 3.63) is 35.4 Å². The monoisotopic (exact) mass is 237 g/mol. The number of hydrogen-bond acceptors (Lipinski definition) is 3. The highest BCUT2D eigenvalue weighted by Crippen LogP contribution is 2.26. The quantitative estimate of drug-likeness (QED) is 0.783. The molecule has 0 amide bonds. The largest absolute Gasteiger partial charge is 0.544 e. The third kappa shape index (κ3) is 2.39. The van der Waals surface area contributed by atoms with Gasteiger partial charge in [0.1, 0.15) is 12.0 Å². The number of carboxylic acids is 1. The second-order valence-corrected chi connectivity index (χ2v) is 5.14. The first kappa shape index (κ1) is 11.5. The Hall–Kier alpha value is -1.00. The summed E-state index contributed by atoms with van der Waals surface area (Å²) in [6.45, 7) is 2.12. The summed E-state index contributed by atoms with van der Waals surface area (Å²) in [5.41, 5.74) is 2.49. The van der Waals surface area contributed by atoms with Gasteiger partial charge in [0.2, 0.25) is 0 Å². The van der Waals surface area contributed by atoms with E-state index in [1.54, 1.807) is 11.8 Å². The maximum absolute atomic E-state index is 10.7. The number of aryl methyl sites for hydroxylation is 1. The fraction of sp³-hybridized carbons (Fsp3) is 0.417. The second kappa shape index (κ2) is 4.89. The molecule has 1 saturated heterocycles. The predicted octanol–water partition coefficient (Wildman–Crippen LogP) is -0.324. The summed E-state index contributed by atoms with van der Waals surface area (Å²) in [6, 6.07) is 7.99. The van der Waals surface area contributed by atoms with Gasteiger partial charge >= 0.3 is 0 Å². The smallest absolute Gasteiger partial charge is 0.159 e. The SMILES string of the molecule is CCc1ccc([C@@H]2[NH2+][C@@H](C(=O)[O-])CS2)cc1. The molecule has 1 aromatic carbocycles. The Labute approximate surface area is 99.2 Å². The van der Waals surface area contributed by atoms with Gasteiger partial charge in [-0.1, -0.05) is 43.0 Å². The normalized spacial score (nSPS) is 24.6. The van der Waals surface area contributed by atoms with Gasteiger partial charge in [-0.05, 0) is 12.0 Å². The van der Waals surface area contributed by atoms with E-state index in [9.17, 15) is 9.90 Å². The molecule has 1 aliphatic rings. The molecule has 0 unspecified atom stereocenters. The third-order valence-electron chi connectivity index (χ3n) is 2.88. The number of carboxylic acid groups (broad SMARTS) is 1. The van der Waals surface area contributed by atoms with Crippen LogP contribution in [0.2, 0.25) is 0 Å². The van der Waals surface area contributed by atoms with E-state index in [4.69, 9.17) is 0 Å². The summed E-state index contributed by atoms with van der Waals surface area (Å²) in [6.07, 6.45) is 1.03. The minimum absolute atomic E-state index is 0.203. The van der Waals surface area contributed by atoms with Gasteiger partial charge in [0.05, 0.1) is 5.75 Å². The Bertz CT molecular complexity index is 377. The number of aliphatic carboxylic acids is 1. The lowest BCUT2D eigenvalue weighted by molar-refractivity contribution is -0.690. The van der Waals surface area contributed by atoms with Crippen LogP contribution in [-0.2, 0) is 11.2 Å².